The van der Waals surface area contributed by atoms with Gasteiger partial charge in [-0.15, -0.1) is 0 Å². The molecule has 1 saturated heterocycles. The number of hydrogen-bond donors (Lipinski definition) is 0. The van der Waals surface area contributed by atoms with E-state index in [1.165, 1.54) is 12.1 Å². The maximum Gasteiger partial charge on any atom is 0.416 e. The molecule has 0 N–H and O–H groups in total. The number of anilines is 1. The molecule has 1 amide bonds. The Morgan fingerprint density at radius 1 is 1.19 bits per heavy atom. The second-order valence-electron chi connectivity index (χ2n) is 6.68. The Balaban J connectivity index is 1.77. The minimum Gasteiger partial charge on any atom is -0.462 e. The van der Waals surface area contributed by atoms with Crippen LogP contribution in [0.15, 0.2) is 53.4 Å². The van der Waals surface area contributed by atoms with Gasteiger partial charge in [-0.25, -0.2) is 4.79 Å². The summed E-state index contributed by atoms with van der Waals surface area (Å²) in [6.45, 7) is 2.35. The summed E-state index contributed by atoms with van der Waals surface area (Å²) in [5, 5.41) is 0. The molecule has 2 aromatic rings. The number of halogens is 3. The topological polar surface area (TPSA) is 46.6 Å². The number of thioether (sulfide) groups is 1. The van der Waals surface area contributed by atoms with Crippen LogP contribution in [0.5, 0.6) is 0 Å². The zero-order valence-electron chi connectivity index (χ0n) is 16.4. The molecule has 1 heterocycles. The molecule has 1 fully saturated rings. The lowest BCUT2D eigenvalue weighted by Gasteiger charge is -2.16. The first-order chi connectivity index (χ1) is 14.7. The second kappa shape index (κ2) is 9.65. The summed E-state index contributed by atoms with van der Waals surface area (Å²) < 4.78 is 44.3. The van der Waals surface area contributed by atoms with E-state index >= 15 is 0 Å². The molecule has 4 nitrogen and oxygen atoms in total. The largest absolute Gasteiger partial charge is 0.462 e. The van der Waals surface area contributed by atoms with Gasteiger partial charge in [0, 0.05) is 0 Å². The summed E-state index contributed by atoms with van der Waals surface area (Å²) in [4.78, 5) is 26.1. The molecule has 0 radical (unpaired) electrons. The number of esters is 1. The number of nitrogens with zero attached hydrogens (tertiary/aromatic N) is 1. The summed E-state index contributed by atoms with van der Waals surface area (Å²) in [6, 6.07) is 11.0. The first kappa shape index (κ1) is 23.0. The molecule has 9 heteroatoms. The Morgan fingerprint density at radius 3 is 2.55 bits per heavy atom. The van der Waals surface area contributed by atoms with Crippen LogP contribution in [0.25, 0.3) is 6.08 Å². The number of carbonyl (C=O) groups excluding carboxylic acids is 2. The van der Waals surface area contributed by atoms with E-state index in [4.69, 9.17) is 17.0 Å². The van der Waals surface area contributed by atoms with Gasteiger partial charge in [-0.05, 0) is 48.4 Å². The molecule has 31 heavy (non-hydrogen) atoms. The molecule has 0 spiro atoms. The number of rotatable bonds is 6. The van der Waals surface area contributed by atoms with E-state index in [1.54, 1.807) is 30.3 Å². The third-order valence-corrected chi connectivity index (χ3v) is 5.70. The maximum absolute atomic E-state index is 13.0. The smallest absolute Gasteiger partial charge is 0.416 e. The van der Waals surface area contributed by atoms with Crippen molar-refractivity contribution in [2.45, 2.75) is 25.9 Å². The Morgan fingerprint density at radius 2 is 1.90 bits per heavy atom. The lowest BCUT2D eigenvalue weighted by atomic mass is 10.1. The fourth-order valence-electron chi connectivity index (χ4n) is 2.77. The predicted octanol–water partition coefficient (Wildman–Crippen LogP) is 6.07. The molecule has 0 aromatic heterocycles. The van der Waals surface area contributed by atoms with Crippen LogP contribution in [0.3, 0.4) is 0 Å². The van der Waals surface area contributed by atoms with Crippen molar-refractivity contribution < 1.29 is 27.5 Å². The van der Waals surface area contributed by atoms with Gasteiger partial charge in [-0.3, -0.25) is 9.69 Å². The van der Waals surface area contributed by atoms with Gasteiger partial charge in [-0.1, -0.05) is 55.5 Å². The fraction of sp³-hybridized carbons (Fsp3) is 0.227. The van der Waals surface area contributed by atoms with Crippen LogP contribution in [-0.2, 0) is 15.7 Å². The Bertz CT molecular complexity index is 1030. The number of ether oxygens (including phenoxy) is 1. The molecule has 1 aliphatic rings. The van der Waals surface area contributed by atoms with Crippen molar-refractivity contribution in [2.75, 3.05) is 11.5 Å². The third kappa shape index (κ3) is 5.54. The zero-order valence-corrected chi connectivity index (χ0v) is 18.1. The lowest BCUT2D eigenvalue weighted by molar-refractivity contribution is -0.137. The van der Waals surface area contributed by atoms with Gasteiger partial charge in [0.2, 0.25) is 0 Å². The van der Waals surface area contributed by atoms with Crippen molar-refractivity contribution in [3.63, 3.8) is 0 Å². The molecule has 0 bridgehead atoms. The first-order valence-corrected chi connectivity index (χ1v) is 10.7. The number of benzene rings is 2. The molecule has 2 aromatic carbocycles. The summed E-state index contributed by atoms with van der Waals surface area (Å²) in [6.07, 6.45) is -1.23. The number of carbonyl (C=O) groups is 2. The third-order valence-electron chi connectivity index (χ3n) is 4.40. The van der Waals surface area contributed by atoms with Crippen LogP contribution >= 0.6 is 24.0 Å². The van der Waals surface area contributed by atoms with Gasteiger partial charge in [0.15, 0.2) is 4.32 Å². The van der Waals surface area contributed by atoms with Crippen LogP contribution in [0.2, 0.25) is 0 Å². The van der Waals surface area contributed by atoms with Gasteiger partial charge in [0.25, 0.3) is 5.91 Å². The number of alkyl halides is 3. The molecular formula is C22H18F3NO3S2. The van der Waals surface area contributed by atoms with E-state index in [-0.39, 0.29) is 14.9 Å². The van der Waals surface area contributed by atoms with Crippen LogP contribution < -0.4 is 4.90 Å². The van der Waals surface area contributed by atoms with Crippen molar-refractivity contribution >= 4 is 51.9 Å². The molecule has 3 rings (SSSR count). The number of hydrogen-bond acceptors (Lipinski definition) is 5. The highest BCUT2D eigenvalue weighted by Crippen LogP contribution is 2.38. The summed E-state index contributed by atoms with van der Waals surface area (Å²) in [7, 11) is 0. The van der Waals surface area contributed by atoms with Gasteiger partial charge in [0.05, 0.1) is 28.3 Å². The highest BCUT2D eigenvalue weighted by molar-refractivity contribution is 8.27. The number of unbranched alkanes of at least 4 members (excludes halogenated alkanes) is 1. The maximum atomic E-state index is 13.0. The number of thiocarbonyl (C=S) groups is 1. The van der Waals surface area contributed by atoms with Crippen LogP contribution in [-0.4, -0.2) is 22.8 Å². The Kier molecular flexibility index (Phi) is 7.17. The standard InChI is InChI=1S/C22H18F3NO3S2/c1-2-3-11-29-20(28)15-9-7-14(8-10-15)12-18-19(27)26(21(30)31-18)17-6-4-5-16(13-17)22(23,24)25/h4-10,12-13H,2-3,11H2,1H3. The van der Waals surface area contributed by atoms with E-state index in [2.05, 4.69) is 0 Å². The molecule has 0 saturated carbocycles. The molecule has 0 atom stereocenters. The lowest BCUT2D eigenvalue weighted by Crippen LogP contribution is -2.27. The van der Waals surface area contributed by atoms with Crippen LogP contribution in [0.4, 0.5) is 18.9 Å². The van der Waals surface area contributed by atoms with Gasteiger partial charge in [0.1, 0.15) is 0 Å². The number of amides is 1. The quantitative estimate of drug-likeness (QED) is 0.224. The van der Waals surface area contributed by atoms with Crippen molar-refractivity contribution in [1.29, 1.82) is 0 Å². The Labute approximate surface area is 187 Å². The molecule has 0 aliphatic carbocycles. The van der Waals surface area contributed by atoms with Gasteiger partial charge >= 0.3 is 12.1 Å². The van der Waals surface area contributed by atoms with E-state index in [0.717, 1.165) is 41.6 Å². The van der Waals surface area contributed by atoms with E-state index in [0.29, 0.717) is 17.7 Å². The van der Waals surface area contributed by atoms with E-state index in [9.17, 15) is 22.8 Å². The second-order valence-corrected chi connectivity index (χ2v) is 8.35. The zero-order chi connectivity index (χ0) is 22.6. The summed E-state index contributed by atoms with van der Waals surface area (Å²) in [5.74, 6) is -0.923. The molecule has 0 unspecified atom stereocenters. The van der Waals surface area contributed by atoms with Crippen molar-refractivity contribution in [3.05, 3.63) is 70.1 Å². The summed E-state index contributed by atoms with van der Waals surface area (Å²) in [5.41, 5.74) is 0.245. The van der Waals surface area contributed by atoms with Gasteiger partial charge < -0.3 is 4.74 Å². The van der Waals surface area contributed by atoms with Crippen LogP contribution in [0.1, 0.15) is 41.3 Å². The van der Waals surface area contributed by atoms with E-state index in [1.807, 2.05) is 6.92 Å². The van der Waals surface area contributed by atoms with E-state index < -0.39 is 23.6 Å². The molecular weight excluding hydrogens is 447 g/mol. The minimum absolute atomic E-state index is 0.0610. The first-order valence-electron chi connectivity index (χ1n) is 9.43. The van der Waals surface area contributed by atoms with Gasteiger partial charge in [-0.2, -0.15) is 13.2 Å². The summed E-state index contributed by atoms with van der Waals surface area (Å²) >= 11 is 6.22. The Hall–Kier alpha value is -2.65. The van der Waals surface area contributed by atoms with Crippen molar-refractivity contribution in [1.82, 2.24) is 0 Å². The normalized spacial score (nSPS) is 15.6. The highest BCUT2D eigenvalue weighted by atomic mass is 32.2. The molecule has 1 aliphatic heterocycles. The van der Waals surface area contributed by atoms with Crippen molar-refractivity contribution in [2.24, 2.45) is 0 Å². The predicted molar refractivity (Wildman–Crippen MR) is 119 cm³/mol. The molecule has 162 valence electrons. The monoisotopic (exact) mass is 465 g/mol. The van der Waals surface area contributed by atoms with Crippen LogP contribution in [0, 0.1) is 0 Å². The average Bonchev–Trinajstić information content (AvgIpc) is 3.01. The highest BCUT2D eigenvalue weighted by Gasteiger charge is 2.36. The SMILES string of the molecule is CCCCOC(=O)c1ccc(C=C2SC(=S)N(c3cccc(C(F)(F)F)c3)C2=O)cc1. The van der Waals surface area contributed by atoms with Crippen molar-refractivity contribution in [3.8, 4) is 0 Å². The fourth-order valence-corrected chi connectivity index (χ4v) is 4.07. The minimum atomic E-state index is -4.52. The average molecular weight is 466 g/mol.